The van der Waals surface area contributed by atoms with Gasteiger partial charge in [-0.25, -0.2) is 0 Å². The van der Waals surface area contributed by atoms with Gasteiger partial charge in [-0.05, 0) is 12.1 Å². The van der Waals surface area contributed by atoms with Gasteiger partial charge in [0.15, 0.2) is 0 Å². The van der Waals surface area contributed by atoms with Crippen LogP contribution in [0.1, 0.15) is 12.0 Å². The minimum Gasteiger partial charge on any atom is -0.0980 e. The predicted octanol–water partition coefficient (Wildman–Crippen LogP) is 3.86. The van der Waals surface area contributed by atoms with Gasteiger partial charge in [0.25, 0.3) is 0 Å². The minimum absolute atomic E-state index is 0.860. The number of rotatable bonds is 2. The van der Waals surface area contributed by atoms with Crippen LogP contribution in [0.5, 0.6) is 0 Å². The van der Waals surface area contributed by atoms with Crippen molar-refractivity contribution in [2.24, 2.45) is 0 Å². The average Bonchev–Trinajstić information content (AvgIpc) is 2.17. The minimum atomic E-state index is -1.03. The SMILES string of the molecule is C[Si](C)(C)/C=C/CC#Cc1ccccc1. The van der Waals surface area contributed by atoms with E-state index in [4.69, 9.17) is 0 Å². The van der Waals surface area contributed by atoms with Gasteiger partial charge in [-0.15, -0.1) is 0 Å². The van der Waals surface area contributed by atoms with Gasteiger partial charge in [-0.2, -0.15) is 0 Å². The molecule has 0 fully saturated rings. The topological polar surface area (TPSA) is 0 Å². The molecule has 0 spiro atoms. The fourth-order valence-corrected chi connectivity index (χ4v) is 1.97. The van der Waals surface area contributed by atoms with E-state index in [9.17, 15) is 0 Å². The lowest BCUT2D eigenvalue weighted by Crippen LogP contribution is -2.15. The van der Waals surface area contributed by atoms with Gasteiger partial charge < -0.3 is 0 Å². The lowest BCUT2D eigenvalue weighted by molar-refractivity contribution is 1.47. The molecule has 78 valence electrons. The van der Waals surface area contributed by atoms with Crippen molar-refractivity contribution in [3.05, 3.63) is 47.7 Å². The molecule has 0 nitrogen and oxygen atoms in total. The molecule has 0 atom stereocenters. The number of allylic oxidation sites excluding steroid dienone is 1. The first kappa shape index (κ1) is 11.8. The summed E-state index contributed by atoms with van der Waals surface area (Å²) in [7, 11) is -1.03. The van der Waals surface area contributed by atoms with Crippen molar-refractivity contribution in [2.75, 3.05) is 0 Å². The van der Waals surface area contributed by atoms with E-state index in [1.54, 1.807) is 0 Å². The van der Waals surface area contributed by atoms with Crippen molar-refractivity contribution in [1.82, 2.24) is 0 Å². The molecule has 1 aromatic carbocycles. The van der Waals surface area contributed by atoms with E-state index < -0.39 is 8.07 Å². The zero-order valence-corrected chi connectivity index (χ0v) is 10.7. The summed E-state index contributed by atoms with van der Waals surface area (Å²) >= 11 is 0. The summed E-state index contributed by atoms with van der Waals surface area (Å²) in [6.07, 6.45) is 3.06. The first-order valence-corrected chi connectivity index (χ1v) is 8.87. The molecule has 0 aliphatic heterocycles. The summed E-state index contributed by atoms with van der Waals surface area (Å²) in [5.74, 6) is 6.30. The molecule has 0 heterocycles. The molecule has 1 rings (SSSR count). The molecular formula is C14H18Si. The van der Waals surface area contributed by atoms with E-state index in [0.717, 1.165) is 12.0 Å². The van der Waals surface area contributed by atoms with Crippen LogP contribution in [0.2, 0.25) is 19.6 Å². The van der Waals surface area contributed by atoms with Gasteiger partial charge in [0, 0.05) is 12.0 Å². The molecule has 0 aliphatic carbocycles. The van der Waals surface area contributed by atoms with Crippen molar-refractivity contribution >= 4 is 8.07 Å². The molecule has 0 N–H and O–H groups in total. The van der Waals surface area contributed by atoms with Crippen LogP contribution in [0.25, 0.3) is 0 Å². The quantitative estimate of drug-likeness (QED) is 0.518. The second-order valence-electron chi connectivity index (χ2n) is 4.64. The van der Waals surface area contributed by atoms with E-state index >= 15 is 0 Å². The van der Waals surface area contributed by atoms with Crippen LogP contribution in [0.4, 0.5) is 0 Å². The summed E-state index contributed by atoms with van der Waals surface area (Å²) in [6.45, 7) is 6.98. The summed E-state index contributed by atoms with van der Waals surface area (Å²) in [4.78, 5) is 0. The van der Waals surface area contributed by atoms with Crippen molar-refractivity contribution in [3.8, 4) is 11.8 Å². The molecule has 0 saturated heterocycles. The Morgan fingerprint density at radius 3 is 2.40 bits per heavy atom. The highest BCUT2D eigenvalue weighted by atomic mass is 28.3. The van der Waals surface area contributed by atoms with Gasteiger partial charge in [0.2, 0.25) is 0 Å². The maximum Gasteiger partial charge on any atom is 0.0683 e. The standard InChI is InChI=1S/C14H18Si/c1-15(2,3)13-9-5-8-12-14-10-6-4-7-11-14/h4,6-7,9-11,13H,5H2,1-3H3/b13-9+. The van der Waals surface area contributed by atoms with E-state index in [1.165, 1.54) is 0 Å². The summed E-state index contributed by atoms with van der Waals surface area (Å²) in [6, 6.07) is 10.1. The van der Waals surface area contributed by atoms with E-state index in [1.807, 2.05) is 30.3 Å². The summed E-state index contributed by atoms with van der Waals surface area (Å²) in [5.41, 5.74) is 3.44. The molecule has 0 saturated carbocycles. The molecule has 1 heteroatoms. The van der Waals surface area contributed by atoms with E-state index in [2.05, 4.69) is 43.3 Å². The van der Waals surface area contributed by atoms with Crippen LogP contribution in [0.15, 0.2) is 42.1 Å². The van der Waals surface area contributed by atoms with E-state index in [-0.39, 0.29) is 0 Å². The van der Waals surface area contributed by atoms with Crippen LogP contribution in [0, 0.1) is 11.8 Å². The zero-order chi connectivity index (χ0) is 11.1. The molecule has 0 amide bonds. The first-order valence-electron chi connectivity index (χ1n) is 5.29. The number of hydrogen-bond donors (Lipinski definition) is 0. The highest BCUT2D eigenvalue weighted by Crippen LogP contribution is 2.02. The lowest BCUT2D eigenvalue weighted by Gasteiger charge is -2.06. The second kappa shape index (κ2) is 5.58. The highest BCUT2D eigenvalue weighted by molar-refractivity contribution is 6.80. The Hall–Kier alpha value is -1.26. The monoisotopic (exact) mass is 214 g/mol. The fourth-order valence-electron chi connectivity index (χ4n) is 1.15. The number of benzene rings is 1. The smallest absolute Gasteiger partial charge is 0.0683 e. The Morgan fingerprint density at radius 2 is 1.80 bits per heavy atom. The molecule has 0 unspecified atom stereocenters. The Kier molecular flexibility index (Phi) is 4.39. The maximum atomic E-state index is 3.16. The van der Waals surface area contributed by atoms with Crippen LogP contribution in [-0.4, -0.2) is 8.07 Å². The van der Waals surface area contributed by atoms with Crippen molar-refractivity contribution in [1.29, 1.82) is 0 Å². The Labute approximate surface area is 94.0 Å². The Morgan fingerprint density at radius 1 is 1.13 bits per heavy atom. The second-order valence-corrected chi connectivity index (χ2v) is 9.71. The van der Waals surface area contributed by atoms with E-state index in [0.29, 0.717) is 0 Å². The first-order chi connectivity index (χ1) is 7.08. The van der Waals surface area contributed by atoms with Crippen molar-refractivity contribution in [2.45, 2.75) is 26.1 Å². The highest BCUT2D eigenvalue weighted by Gasteiger charge is 2.05. The molecular weight excluding hydrogens is 196 g/mol. The van der Waals surface area contributed by atoms with Gasteiger partial charge in [0.05, 0.1) is 8.07 Å². The molecule has 0 aliphatic rings. The lowest BCUT2D eigenvalue weighted by atomic mass is 10.2. The third-order valence-electron chi connectivity index (χ3n) is 1.84. The van der Waals surface area contributed by atoms with Crippen LogP contribution < -0.4 is 0 Å². The number of hydrogen-bond acceptors (Lipinski definition) is 0. The van der Waals surface area contributed by atoms with Gasteiger partial charge in [-0.1, -0.05) is 61.5 Å². The third-order valence-corrected chi connectivity index (χ3v) is 3.08. The van der Waals surface area contributed by atoms with Crippen LogP contribution >= 0.6 is 0 Å². The van der Waals surface area contributed by atoms with Crippen LogP contribution in [-0.2, 0) is 0 Å². The summed E-state index contributed by atoms with van der Waals surface area (Å²) < 4.78 is 0. The molecule has 15 heavy (non-hydrogen) atoms. The van der Waals surface area contributed by atoms with Crippen molar-refractivity contribution in [3.63, 3.8) is 0 Å². The molecule has 0 aromatic heterocycles. The molecule has 0 radical (unpaired) electrons. The normalized spacial score (nSPS) is 11.1. The summed E-state index contributed by atoms with van der Waals surface area (Å²) in [5, 5.41) is 0. The largest absolute Gasteiger partial charge is 0.0980 e. The van der Waals surface area contributed by atoms with Crippen LogP contribution in [0.3, 0.4) is 0 Å². The predicted molar refractivity (Wildman–Crippen MR) is 70.4 cm³/mol. The van der Waals surface area contributed by atoms with Crippen molar-refractivity contribution < 1.29 is 0 Å². The zero-order valence-electron chi connectivity index (χ0n) is 9.75. The maximum absolute atomic E-state index is 3.16. The Balaban J connectivity index is 2.45. The fraction of sp³-hybridized carbons (Fsp3) is 0.286. The average molecular weight is 214 g/mol. The van der Waals surface area contributed by atoms with Gasteiger partial charge in [-0.3, -0.25) is 0 Å². The molecule has 1 aromatic rings. The third kappa shape index (κ3) is 5.93. The van der Waals surface area contributed by atoms with Gasteiger partial charge in [0.1, 0.15) is 0 Å². The Bertz CT molecular complexity index is 371. The van der Waals surface area contributed by atoms with Gasteiger partial charge >= 0.3 is 0 Å². The molecule has 0 bridgehead atoms.